The number of hydrogen-bond acceptors (Lipinski definition) is 3. The van der Waals surface area contributed by atoms with Crippen LogP contribution in [0.5, 0.6) is 5.75 Å². The number of nitrogens with one attached hydrogen (secondary N) is 2. The molecule has 0 aromatic heterocycles. The number of ether oxygens (including phenoxy) is 1. The molecule has 3 rings (SSSR count). The van der Waals surface area contributed by atoms with Gasteiger partial charge in [0.1, 0.15) is 5.75 Å². The molecule has 1 amide bonds. The van der Waals surface area contributed by atoms with E-state index in [1.807, 2.05) is 79.7 Å². The van der Waals surface area contributed by atoms with Crippen LogP contribution in [0.15, 0.2) is 84.9 Å². The van der Waals surface area contributed by atoms with Crippen LogP contribution in [0.3, 0.4) is 0 Å². The number of hydrogen-bond donors (Lipinski definition) is 2. The summed E-state index contributed by atoms with van der Waals surface area (Å²) in [6, 6.07) is 27.9. The Kier molecular flexibility index (Phi) is 7.08. The molecule has 28 heavy (non-hydrogen) atoms. The number of amides is 1. The van der Waals surface area contributed by atoms with Crippen LogP contribution in [0.25, 0.3) is 0 Å². The molecule has 0 bridgehead atoms. The van der Waals surface area contributed by atoms with Crippen molar-refractivity contribution in [2.24, 2.45) is 0 Å². The summed E-state index contributed by atoms with van der Waals surface area (Å²) in [5, 5.41) is 6.14. The van der Waals surface area contributed by atoms with Crippen LogP contribution in [0.1, 0.15) is 24.1 Å². The van der Waals surface area contributed by atoms with Crippen LogP contribution in [0.4, 0.5) is 5.69 Å². The Morgan fingerprint density at radius 3 is 2.21 bits per heavy atom. The highest BCUT2D eigenvalue weighted by Gasteiger charge is 2.08. The van der Waals surface area contributed by atoms with Gasteiger partial charge in [0.25, 0.3) is 0 Å². The number of carbonyl (C=O) groups is 1. The lowest BCUT2D eigenvalue weighted by atomic mass is 10.1. The molecule has 3 aromatic carbocycles. The predicted octanol–water partition coefficient (Wildman–Crippen LogP) is 4.60. The zero-order valence-electron chi connectivity index (χ0n) is 16.1. The van der Waals surface area contributed by atoms with Crippen molar-refractivity contribution >= 4 is 11.6 Å². The molecule has 0 aliphatic carbocycles. The van der Waals surface area contributed by atoms with Crippen molar-refractivity contribution in [2.45, 2.75) is 19.4 Å². The van der Waals surface area contributed by atoms with E-state index in [1.54, 1.807) is 0 Å². The number of benzene rings is 3. The highest BCUT2D eigenvalue weighted by molar-refractivity contribution is 5.81. The fraction of sp³-hybridized carbons (Fsp3) is 0.208. The van der Waals surface area contributed by atoms with Crippen molar-refractivity contribution in [3.8, 4) is 5.75 Å². The largest absolute Gasteiger partial charge is 0.493 e. The monoisotopic (exact) mass is 374 g/mol. The molecule has 1 atom stereocenters. The van der Waals surface area contributed by atoms with Gasteiger partial charge in [-0.2, -0.15) is 0 Å². The Bertz CT molecular complexity index is 849. The molecule has 0 saturated carbocycles. The Morgan fingerprint density at radius 1 is 0.893 bits per heavy atom. The van der Waals surface area contributed by atoms with Crippen molar-refractivity contribution in [3.63, 3.8) is 0 Å². The van der Waals surface area contributed by atoms with Gasteiger partial charge in [0.05, 0.1) is 19.2 Å². The van der Waals surface area contributed by atoms with Crippen LogP contribution in [0, 0.1) is 0 Å². The zero-order chi connectivity index (χ0) is 19.6. The maximum absolute atomic E-state index is 12.1. The second kappa shape index (κ2) is 10.2. The molecule has 0 saturated heterocycles. The number of carbonyl (C=O) groups excluding carboxylic acids is 1. The molecule has 4 heteroatoms. The summed E-state index contributed by atoms with van der Waals surface area (Å²) in [7, 11) is 0. The highest BCUT2D eigenvalue weighted by Crippen LogP contribution is 2.16. The minimum absolute atomic E-state index is 0.0177. The molecule has 4 nitrogen and oxygen atoms in total. The summed E-state index contributed by atoms with van der Waals surface area (Å²) in [5.41, 5.74) is 3.24. The van der Waals surface area contributed by atoms with Gasteiger partial charge in [-0.05, 0) is 42.3 Å². The minimum Gasteiger partial charge on any atom is -0.493 e. The summed E-state index contributed by atoms with van der Waals surface area (Å²) in [5.74, 6) is 0.781. The first kappa shape index (κ1) is 19.5. The summed E-state index contributed by atoms with van der Waals surface area (Å²) in [6.45, 7) is 2.84. The summed E-state index contributed by atoms with van der Waals surface area (Å²) in [4.78, 5) is 12.1. The summed E-state index contributed by atoms with van der Waals surface area (Å²) in [6.07, 6.45) is 0.876. The SMILES string of the molecule is CC(NC(=O)CNc1ccc(OCCc2ccccc2)cc1)c1ccccc1. The molecular formula is C24H26N2O2. The third-order valence-corrected chi connectivity index (χ3v) is 4.49. The van der Waals surface area contributed by atoms with Gasteiger partial charge >= 0.3 is 0 Å². The van der Waals surface area contributed by atoms with E-state index in [0.29, 0.717) is 6.61 Å². The molecule has 144 valence electrons. The van der Waals surface area contributed by atoms with Crippen molar-refractivity contribution < 1.29 is 9.53 Å². The topological polar surface area (TPSA) is 50.4 Å². The lowest BCUT2D eigenvalue weighted by Gasteiger charge is -2.15. The molecule has 0 spiro atoms. The first-order chi connectivity index (χ1) is 13.7. The van der Waals surface area contributed by atoms with E-state index in [1.165, 1.54) is 5.56 Å². The second-order valence-electron chi connectivity index (χ2n) is 6.66. The Labute approximate surface area is 166 Å². The molecule has 0 radical (unpaired) electrons. The fourth-order valence-electron chi connectivity index (χ4n) is 2.90. The average Bonchev–Trinajstić information content (AvgIpc) is 2.74. The minimum atomic E-state index is -0.0421. The van der Waals surface area contributed by atoms with E-state index in [0.717, 1.165) is 23.4 Å². The molecule has 0 aliphatic rings. The molecule has 3 aromatic rings. The zero-order valence-corrected chi connectivity index (χ0v) is 16.1. The summed E-state index contributed by atoms with van der Waals surface area (Å²) >= 11 is 0. The normalized spacial score (nSPS) is 11.5. The van der Waals surface area contributed by atoms with E-state index >= 15 is 0 Å². The van der Waals surface area contributed by atoms with E-state index in [-0.39, 0.29) is 18.5 Å². The molecule has 0 heterocycles. The Balaban J connectivity index is 1.39. The highest BCUT2D eigenvalue weighted by atomic mass is 16.5. The van der Waals surface area contributed by atoms with Crippen molar-refractivity contribution in [2.75, 3.05) is 18.5 Å². The third kappa shape index (κ3) is 6.16. The number of anilines is 1. The smallest absolute Gasteiger partial charge is 0.239 e. The summed E-state index contributed by atoms with van der Waals surface area (Å²) < 4.78 is 5.79. The first-order valence-electron chi connectivity index (χ1n) is 9.56. The molecule has 0 aliphatic heterocycles. The Morgan fingerprint density at radius 2 is 1.54 bits per heavy atom. The van der Waals surface area contributed by atoms with E-state index < -0.39 is 0 Å². The van der Waals surface area contributed by atoms with Crippen LogP contribution >= 0.6 is 0 Å². The molecule has 2 N–H and O–H groups in total. The van der Waals surface area contributed by atoms with Crippen molar-refractivity contribution in [1.29, 1.82) is 0 Å². The molecular weight excluding hydrogens is 348 g/mol. The van der Waals surface area contributed by atoms with E-state index in [4.69, 9.17) is 4.74 Å². The van der Waals surface area contributed by atoms with Crippen molar-refractivity contribution in [1.82, 2.24) is 5.32 Å². The third-order valence-electron chi connectivity index (χ3n) is 4.49. The second-order valence-corrected chi connectivity index (χ2v) is 6.66. The van der Waals surface area contributed by atoms with Gasteiger partial charge in [-0.25, -0.2) is 0 Å². The van der Waals surface area contributed by atoms with Crippen molar-refractivity contribution in [3.05, 3.63) is 96.1 Å². The van der Waals surface area contributed by atoms with Crippen LogP contribution < -0.4 is 15.4 Å². The lowest BCUT2D eigenvalue weighted by molar-refractivity contribution is -0.120. The lowest BCUT2D eigenvalue weighted by Crippen LogP contribution is -2.32. The predicted molar refractivity (Wildman–Crippen MR) is 114 cm³/mol. The van der Waals surface area contributed by atoms with Crippen LogP contribution in [0.2, 0.25) is 0 Å². The van der Waals surface area contributed by atoms with Gasteiger partial charge in [0.2, 0.25) is 5.91 Å². The maximum Gasteiger partial charge on any atom is 0.239 e. The van der Waals surface area contributed by atoms with E-state index in [2.05, 4.69) is 22.8 Å². The van der Waals surface area contributed by atoms with Gasteiger partial charge in [-0.3, -0.25) is 4.79 Å². The quantitative estimate of drug-likeness (QED) is 0.576. The van der Waals surface area contributed by atoms with Gasteiger partial charge in [-0.1, -0.05) is 60.7 Å². The standard InChI is InChI=1S/C24H26N2O2/c1-19(21-10-6-3-7-11-21)26-24(27)18-25-22-12-14-23(15-13-22)28-17-16-20-8-4-2-5-9-20/h2-15,19,25H,16-18H2,1H3,(H,26,27). The van der Waals surface area contributed by atoms with Gasteiger partial charge < -0.3 is 15.4 Å². The fourth-order valence-corrected chi connectivity index (χ4v) is 2.90. The van der Waals surface area contributed by atoms with Gasteiger partial charge in [-0.15, -0.1) is 0 Å². The van der Waals surface area contributed by atoms with Gasteiger partial charge in [0.15, 0.2) is 0 Å². The first-order valence-corrected chi connectivity index (χ1v) is 9.56. The van der Waals surface area contributed by atoms with E-state index in [9.17, 15) is 4.79 Å². The van der Waals surface area contributed by atoms with Crippen LogP contribution in [-0.2, 0) is 11.2 Å². The number of rotatable bonds is 9. The Hall–Kier alpha value is -3.27. The van der Waals surface area contributed by atoms with Gasteiger partial charge in [0, 0.05) is 12.1 Å². The van der Waals surface area contributed by atoms with Crippen LogP contribution in [-0.4, -0.2) is 19.1 Å². The molecule has 0 fully saturated rings. The maximum atomic E-state index is 12.1. The average molecular weight is 374 g/mol. The molecule has 1 unspecified atom stereocenters.